The van der Waals surface area contributed by atoms with Gasteiger partial charge in [0, 0.05) is 51.6 Å². The molecule has 0 bridgehead atoms. The van der Waals surface area contributed by atoms with E-state index >= 15 is 0 Å². The minimum Gasteiger partial charge on any atom is -0.353 e. The van der Waals surface area contributed by atoms with Crippen LogP contribution in [0.3, 0.4) is 0 Å². The number of rotatable bonds is 8. The van der Waals surface area contributed by atoms with Gasteiger partial charge in [0.25, 0.3) is 0 Å². The molecule has 2 aromatic rings. The smallest absolute Gasteiger partial charge is 0.227 e. The molecule has 0 aromatic carbocycles. The fourth-order valence-corrected chi connectivity index (χ4v) is 5.10. The monoisotopic (exact) mass is 468 g/mol. The van der Waals surface area contributed by atoms with Gasteiger partial charge < -0.3 is 15.2 Å². The first-order valence-corrected chi connectivity index (χ1v) is 12.6. The number of nitrogens with zero attached hydrogens (tertiary/aromatic N) is 4. The maximum Gasteiger partial charge on any atom is 0.227 e. The molecular weight excluding hydrogens is 432 g/mol. The molecule has 2 N–H and O–H groups in total. The number of hydrogen-bond acceptors (Lipinski definition) is 7. The zero-order chi connectivity index (χ0) is 23.8. The average Bonchev–Trinajstić information content (AvgIpc) is 3.19. The van der Waals surface area contributed by atoms with Crippen LogP contribution < -0.4 is 10.6 Å². The second kappa shape index (κ2) is 11.6. The molecule has 9 nitrogen and oxygen atoms in total. The van der Waals surface area contributed by atoms with Crippen LogP contribution in [0.25, 0.3) is 0 Å². The van der Waals surface area contributed by atoms with Crippen molar-refractivity contribution in [2.75, 3.05) is 13.1 Å². The van der Waals surface area contributed by atoms with E-state index in [-0.39, 0.29) is 17.9 Å². The number of amides is 2. The Hall–Kier alpha value is -2.81. The second-order valence-electron chi connectivity index (χ2n) is 9.63. The zero-order valence-electron chi connectivity index (χ0n) is 20.1. The van der Waals surface area contributed by atoms with E-state index in [0.29, 0.717) is 24.6 Å². The molecule has 1 saturated heterocycles. The number of pyridine rings is 1. The summed E-state index contributed by atoms with van der Waals surface area (Å²) in [5, 5.41) is 10.4. The van der Waals surface area contributed by atoms with Gasteiger partial charge in [-0.2, -0.15) is 4.98 Å². The van der Waals surface area contributed by atoms with Gasteiger partial charge >= 0.3 is 0 Å². The molecule has 0 spiro atoms. The number of aryl methyl sites for hydroxylation is 1. The lowest BCUT2D eigenvalue weighted by Gasteiger charge is -2.32. The summed E-state index contributed by atoms with van der Waals surface area (Å²) in [5.74, 6) is 0.914. The van der Waals surface area contributed by atoms with Crippen LogP contribution in [0, 0.1) is 0 Å². The van der Waals surface area contributed by atoms with E-state index in [1.807, 2.05) is 24.4 Å². The summed E-state index contributed by atoms with van der Waals surface area (Å²) in [5.41, 5.74) is 0.517. The van der Waals surface area contributed by atoms with Crippen molar-refractivity contribution in [3.05, 3.63) is 41.8 Å². The number of piperidine rings is 1. The topological polar surface area (TPSA) is 113 Å². The summed E-state index contributed by atoms with van der Waals surface area (Å²) in [6, 6.07) is 6.18. The lowest BCUT2D eigenvalue weighted by molar-refractivity contribution is -0.122. The van der Waals surface area contributed by atoms with Crippen molar-refractivity contribution in [1.82, 2.24) is 30.7 Å². The van der Waals surface area contributed by atoms with Crippen molar-refractivity contribution in [2.24, 2.45) is 0 Å². The molecule has 3 heterocycles. The highest BCUT2D eigenvalue weighted by atomic mass is 16.5. The van der Waals surface area contributed by atoms with E-state index in [2.05, 4.69) is 30.7 Å². The van der Waals surface area contributed by atoms with E-state index in [9.17, 15) is 9.59 Å². The van der Waals surface area contributed by atoms with Gasteiger partial charge in [0.05, 0.1) is 5.69 Å². The number of nitrogens with one attached hydrogen (secondary N) is 2. The van der Waals surface area contributed by atoms with Crippen molar-refractivity contribution in [3.63, 3.8) is 0 Å². The minimum atomic E-state index is -0.560. The summed E-state index contributed by atoms with van der Waals surface area (Å²) >= 11 is 0. The highest BCUT2D eigenvalue weighted by molar-refractivity contribution is 5.76. The van der Waals surface area contributed by atoms with E-state index in [1.54, 1.807) is 0 Å². The Bertz CT molecular complexity index is 931. The van der Waals surface area contributed by atoms with E-state index < -0.39 is 5.54 Å². The Morgan fingerprint density at radius 1 is 1.15 bits per heavy atom. The summed E-state index contributed by atoms with van der Waals surface area (Å²) in [6.07, 6.45) is 10.4. The highest BCUT2D eigenvalue weighted by Gasteiger charge is 2.38. The molecule has 9 heteroatoms. The molecule has 1 saturated carbocycles. The standard InChI is InChI=1S/C25H36N6O3/c1-19(32)29-25(13-5-2-3-6-14-25)24-28-23(34-30-24)10-9-22(33)27-20-11-16-31(17-12-20)18-21-8-4-7-15-26-21/h4,7-8,15,20H,2-3,5-6,9-14,16-18H2,1H3,(H,27,33)(H,29,32). The summed E-state index contributed by atoms with van der Waals surface area (Å²) in [6.45, 7) is 4.27. The second-order valence-corrected chi connectivity index (χ2v) is 9.63. The zero-order valence-corrected chi connectivity index (χ0v) is 20.1. The van der Waals surface area contributed by atoms with Crippen LogP contribution in [0.15, 0.2) is 28.9 Å². The quantitative estimate of drug-likeness (QED) is 0.573. The molecule has 2 amide bonds. The van der Waals surface area contributed by atoms with E-state index in [0.717, 1.165) is 76.7 Å². The molecular formula is C25H36N6O3. The van der Waals surface area contributed by atoms with Crippen LogP contribution in [0.5, 0.6) is 0 Å². The Morgan fingerprint density at radius 3 is 2.59 bits per heavy atom. The number of hydrogen-bond donors (Lipinski definition) is 2. The van der Waals surface area contributed by atoms with Crippen LogP contribution in [-0.4, -0.2) is 51.0 Å². The van der Waals surface area contributed by atoms with Crippen molar-refractivity contribution < 1.29 is 14.1 Å². The van der Waals surface area contributed by atoms with E-state index in [1.165, 1.54) is 6.92 Å². The van der Waals surface area contributed by atoms with Gasteiger partial charge in [-0.1, -0.05) is 36.9 Å². The predicted octanol–water partition coefficient (Wildman–Crippen LogP) is 2.86. The first kappa shape index (κ1) is 24.3. The third kappa shape index (κ3) is 6.62. The number of aromatic nitrogens is 3. The van der Waals surface area contributed by atoms with Crippen molar-refractivity contribution >= 4 is 11.8 Å². The molecule has 2 aliphatic rings. The van der Waals surface area contributed by atoms with Gasteiger partial charge in [0.2, 0.25) is 17.7 Å². The Balaban J connectivity index is 1.23. The summed E-state index contributed by atoms with van der Waals surface area (Å²) < 4.78 is 5.47. The van der Waals surface area contributed by atoms with E-state index in [4.69, 9.17) is 4.52 Å². The number of carbonyl (C=O) groups excluding carboxylic acids is 2. The average molecular weight is 469 g/mol. The van der Waals surface area contributed by atoms with Crippen LogP contribution in [-0.2, 0) is 28.1 Å². The normalized spacial score (nSPS) is 19.3. The molecule has 184 valence electrons. The fraction of sp³-hybridized carbons (Fsp3) is 0.640. The predicted molar refractivity (Wildman–Crippen MR) is 126 cm³/mol. The SMILES string of the molecule is CC(=O)NC1(c2noc(CCC(=O)NC3CCN(Cc4ccccn4)CC3)n2)CCCCCC1. The van der Waals surface area contributed by atoms with Gasteiger partial charge in [-0.25, -0.2) is 0 Å². The molecule has 1 aliphatic heterocycles. The van der Waals surface area contributed by atoms with Gasteiger partial charge in [-0.05, 0) is 37.8 Å². The van der Waals surface area contributed by atoms with Gasteiger partial charge in [-0.3, -0.25) is 19.5 Å². The number of carbonyl (C=O) groups is 2. The molecule has 2 fully saturated rings. The maximum atomic E-state index is 12.5. The molecule has 34 heavy (non-hydrogen) atoms. The van der Waals surface area contributed by atoms with Crippen LogP contribution in [0.1, 0.15) is 82.1 Å². The Labute approximate surface area is 201 Å². The van der Waals surface area contributed by atoms with Crippen molar-refractivity contribution in [3.8, 4) is 0 Å². The lowest BCUT2D eigenvalue weighted by atomic mass is 9.89. The number of likely N-dealkylation sites (tertiary alicyclic amines) is 1. The summed E-state index contributed by atoms with van der Waals surface area (Å²) in [7, 11) is 0. The highest BCUT2D eigenvalue weighted by Crippen LogP contribution is 2.34. The Kier molecular flexibility index (Phi) is 8.26. The van der Waals surface area contributed by atoms with Crippen LogP contribution >= 0.6 is 0 Å². The fourth-order valence-electron chi connectivity index (χ4n) is 5.10. The molecule has 1 aliphatic carbocycles. The third-order valence-corrected chi connectivity index (χ3v) is 6.90. The minimum absolute atomic E-state index is 0.00830. The molecule has 2 aromatic heterocycles. The van der Waals surface area contributed by atoms with Crippen LogP contribution in [0.4, 0.5) is 0 Å². The molecule has 0 radical (unpaired) electrons. The summed E-state index contributed by atoms with van der Waals surface area (Å²) in [4.78, 5) is 35.8. The third-order valence-electron chi connectivity index (χ3n) is 6.90. The van der Waals surface area contributed by atoms with Gasteiger partial charge in [-0.15, -0.1) is 0 Å². The first-order valence-electron chi connectivity index (χ1n) is 12.6. The van der Waals surface area contributed by atoms with Crippen molar-refractivity contribution in [2.45, 2.75) is 89.3 Å². The Morgan fingerprint density at radius 2 is 1.91 bits per heavy atom. The van der Waals surface area contributed by atoms with Gasteiger partial charge in [0.15, 0.2) is 5.82 Å². The molecule has 0 atom stereocenters. The first-order chi connectivity index (χ1) is 16.5. The van der Waals surface area contributed by atoms with Crippen LogP contribution in [0.2, 0.25) is 0 Å². The van der Waals surface area contributed by atoms with Gasteiger partial charge in [0.1, 0.15) is 5.54 Å². The lowest BCUT2D eigenvalue weighted by Crippen LogP contribution is -2.45. The maximum absolute atomic E-state index is 12.5. The van der Waals surface area contributed by atoms with Crippen molar-refractivity contribution in [1.29, 1.82) is 0 Å². The molecule has 0 unspecified atom stereocenters. The molecule has 4 rings (SSSR count). The largest absolute Gasteiger partial charge is 0.353 e.